The van der Waals surface area contributed by atoms with Crippen molar-refractivity contribution in [2.45, 2.75) is 37.8 Å². The molecule has 2 unspecified atom stereocenters. The molecule has 3 rings (SSSR count). The third-order valence-corrected chi connectivity index (χ3v) is 4.81. The summed E-state index contributed by atoms with van der Waals surface area (Å²) in [5.74, 6) is -0.0981. The van der Waals surface area contributed by atoms with Crippen LogP contribution in [0.5, 0.6) is 5.75 Å². The van der Waals surface area contributed by atoms with Crippen molar-refractivity contribution in [2.24, 2.45) is 0 Å². The average molecular weight is 319 g/mol. The molecule has 0 saturated carbocycles. The number of carbonyl (C=O) groups excluding carboxylic acids is 1. The Bertz CT molecular complexity index is 619. The zero-order chi connectivity index (χ0) is 16.4. The lowest BCUT2D eigenvalue weighted by Gasteiger charge is -2.32. The molecule has 2 saturated heterocycles. The Morgan fingerprint density at radius 3 is 2.91 bits per heavy atom. The van der Waals surface area contributed by atoms with E-state index in [0.717, 1.165) is 25.9 Å². The maximum atomic E-state index is 12.5. The molecule has 23 heavy (non-hydrogen) atoms. The summed E-state index contributed by atoms with van der Waals surface area (Å²) in [6.45, 7) is 2.11. The monoisotopic (exact) mass is 319 g/mol. The van der Waals surface area contributed by atoms with Crippen molar-refractivity contribution in [3.8, 4) is 5.75 Å². The standard InChI is InChI=1S/C16H21N3O4/c1-23-15-6-5-11(10-14(15)19(21)22)16(20)17-12-7-9-18-8-3-2-4-13(12)18/h5-6,10,12-13H,2-4,7-9H2,1H3,(H,17,20). The number of ether oxygens (including phenoxy) is 1. The number of amides is 1. The highest BCUT2D eigenvalue weighted by molar-refractivity contribution is 5.95. The largest absolute Gasteiger partial charge is 0.490 e. The molecule has 7 nitrogen and oxygen atoms in total. The molecule has 0 aliphatic carbocycles. The van der Waals surface area contributed by atoms with E-state index in [1.165, 1.54) is 32.1 Å². The van der Waals surface area contributed by atoms with Crippen LogP contribution in [0.25, 0.3) is 0 Å². The van der Waals surface area contributed by atoms with Gasteiger partial charge in [0.25, 0.3) is 5.91 Å². The Hall–Kier alpha value is -2.15. The highest BCUT2D eigenvalue weighted by Gasteiger charge is 2.36. The number of fused-ring (bicyclic) bond motifs is 1. The van der Waals surface area contributed by atoms with Crippen LogP contribution >= 0.6 is 0 Å². The van der Waals surface area contributed by atoms with Gasteiger partial charge in [-0.25, -0.2) is 0 Å². The predicted octanol–water partition coefficient (Wildman–Crippen LogP) is 1.96. The number of nitrogens with zero attached hydrogens (tertiary/aromatic N) is 2. The van der Waals surface area contributed by atoms with E-state index in [2.05, 4.69) is 10.2 Å². The summed E-state index contributed by atoms with van der Waals surface area (Å²) in [6.07, 6.45) is 4.46. The molecule has 1 aromatic rings. The van der Waals surface area contributed by atoms with Crippen LogP contribution < -0.4 is 10.1 Å². The van der Waals surface area contributed by atoms with Gasteiger partial charge in [-0.05, 0) is 37.9 Å². The van der Waals surface area contributed by atoms with Crippen molar-refractivity contribution in [1.29, 1.82) is 0 Å². The van der Waals surface area contributed by atoms with Gasteiger partial charge in [-0.3, -0.25) is 19.8 Å². The van der Waals surface area contributed by atoms with Crippen LogP contribution in [0.3, 0.4) is 0 Å². The second kappa shape index (κ2) is 6.54. The van der Waals surface area contributed by atoms with E-state index in [9.17, 15) is 14.9 Å². The molecule has 1 N–H and O–H groups in total. The quantitative estimate of drug-likeness (QED) is 0.677. The molecule has 7 heteroatoms. The smallest absolute Gasteiger partial charge is 0.311 e. The van der Waals surface area contributed by atoms with Crippen LogP contribution in [-0.4, -0.2) is 48.0 Å². The van der Waals surface area contributed by atoms with Gasteiger partial charge in [0.1, 0.15) is 0 Å². The van der Waals surface area contributed by atoms with Gasteiger partial charge >= 0.3 is 5.69 Å². The fourth-order valence-corrected chi connectivity index (χ4v) is 3.64. The van der Waals surface area contributed by atoms with Crippen molar-refractivity contribution in [1.82, 2.24) is 10.2 Å². The van der Waals surface area contributed by atoms with E-state index in [-0.39, 0.29) is 23.4 Å². The number of nitrogens with one attached hydrogen (secondary N) is 1. The maximum Gasteiger partial charge on any atom is 0.311 e. The third kappa shape index (κ3) is 3.14. The molecule has 2 aliphatic heterocycles. The summed E-state index contributed by atoms with van der Waals surface area (Å²) in [7, 11) is 1.37. The lowest BCUT2D eigenvalue weighted by atomic mass is 9.98. The number of nitro groups is 1. The highest BCUT2D eigenvalue weighted by Crippen LogP contribution is 2.29. The van der Waals surface area contributed by atoms with Crippen molar-refractivity contribution in [3.05, 3.63) is 33.9 Å². The Kier molecular flexibility index (Phi) is 4.47. The van der Waals surface area contributed by atoms with Gasteiger partial charge in [0.15, 0.2) is 5.75 Å². The molecule has 1 amide bonds. The van der Waals surface area contributed by atoms with Gasteiger partial charge in [-0.2, -0.15) is 0 Å². The topological polar surface area (TPSA) is 84.7 Å². The number of rotatable bonds is 4. The maximum absolute atomic E-state index is 12.5. The summed E-state index contributed by atoms with van der Waals surface area (Å²) in [6, 6.07) is 4.84. The molecule has 124 valence electrons. The molecular formula is C16H21N3O4. The van der Waals surface area contributed by atoms with Crippen molar-refractivity contribution < 1.29 is 14.5 Å². The van der Waals surface area contributed by atoms with Crippen LogP contribution in [0.4, 0.5) is 5.69 Å². The summed E-state index contributed by atoms with van der Waals surface area (Å²) in [5.41, 5.74) is 0.109. The number of piperidine rings is 1. The molecule has 2 atom stereocenters. The minimum Gasteiger partial charge on any atom is -0.490 e. The first-order valence-corrected chi connectivity index (χ1v) is 7.97. The van der Waals surface area contributed by atoms with Gasteiger partial charge in [-0.15, -0.1) is 0 Å². The Labute approximate surface area is 134 Å². The van der Waals surface area contributed by atoms with Crippen LogP contribution in [0, 0.1) is 10.1 Å². The molecule has 2 heterocycles. The van der Waals surface area contributed by atoms with Gasteiger partial charge in [0.2, 0.25) is 0 Å². The minimum absolute atomic E-state index is 0.129. The van der Waals surface area contributed by atoms with E-state index in [4.69, 9.17) is 4.74 Å². The fourth-order valence-electron chi connectivity index (χ4n) is 3.64. The molecule has 0 spiro atoms. The second-order valence-electron chi connectivity index (χ2n) is 6.11. The van der Waals surface area contributed by atoms with E-state index < -0.39 is 4.92 Å². The Morgan fingerprint density at radius 2 is 2.17 bits per heavy atom. The van der Waals surface area contributed by atoms with Crippen LogP contribution in [0.2, 0.25) is 0 Å². The van der Waals surface area contributed by atoms with E-state index in [1.54, 1.807) is 6.07 Å². The zero-order valence-corrected chi connectivity index (χ0v) is 13.2. The molecule has 0 bridgehead atoms. The number of carbonyl (C=O) groups is 1. The highest BCUT2D eigenvalue weighted by atomic mass is 16.6. The molecule has 2 aliphatic rings. The van der Waals surface area contributed by atoms with E-state index >= 15 is 0 Å². The lowest BCUT2D eigenvalue weighted by molar-refractivity contribution is -0.385. The second-order valence-corrected chi connectivity index (χ2v) is 6.11. The van der Waals surface area contributed by atoms with Gasteiger partial charge in [0, 0.05) is 30.3 Å². The van der Waals surface area contributed by atoms with E-state index in [1.807, 2.05) is 0 Å². The predicted molar refractivity (Wildman–Crippen MR) is 84.7 cm³/mol. The lowest BCUT2D eigenvalue weighted by Crippen LogP contribution is -2.46. The first-order valence-electron chi connectivity index (χ1n) is 7.97. The number of hydrogen-bond donors (Lipinski definition) is 1. The first kappa shape index (κ1) is 15.7. The van der Waals surface area contributed by atoms with Crippen LogP contribution in [-0.2, 0) is 0 Å². The van der Waals surface area contributed by atoms with Gasteiger partial charge in [-0.1, -0.05) is 6.42 Å². The van der Waals surface area contributed by atoms with Crippen LogP contribution in [0.15, 0.2) is 18.2 Å². The number of hydrogen-bond acceptors (Lipinski definition) is 5. The SMILES string of the molecule is COc1ccc(C(=O)NC2CCN3CCCCC23)cc1[N+](=O)[O-]. The fraction of sp³-hybridized carbons (Fsp3) is 0.562. The molecule has 1 aromatic carbocycles. The normalized spacial score (nSPS) is 24.0. The molecule has 0 aromatic heterocycles. The van der Waals surface area contributed by atoms with E-state index in [0.29, 0.717) is 11.6 Å². The number of methoxy groups -OCH3 is 1. The van der Waals surface area contributed by atoms with Crippen molar-refractivity contribution >= 4 is 11.6 Å². The Morgan fingerprint density at radius 1 is 1.35 bits per heavy atom. The number of benzene rings is 1. The summed E-state index contributed by atoms with van der Waals surface area (Å²) in [4.78, 5) is 25.4. The minimum atomic E-state index is -0.534. The summed E-state index contributed by atoms with van der Waals surface area (Å²) in [5, 5.41) is 14.1. The summed E-state index contributed by atoms with van der Waals surface area (Å²) < 4.78 is 4.97. The molecule has 2 fully saturated rings. The van der Waals surface area contributed by atoms with Gasteiger partial charge in [0.05, 0.1) is 12.0 Å². The molecular weight excluding hydrogens is 298 g/mol. The molecule has 0 radical (unpaired) electrons. The third-order valence-electron chi connectivity index (χ3n) is 4.81. The number of nitro benzene ring substituents is 1. The zero-order valence-electron chi connectivity index (χ0n) is 13.2. The van der Waals surface area contributed by atoms with Crippen molar-refractivity contribution in [2.75, 3.05) is 20.2 Å². The Balaban J connectivity index is 1.73. The first-order chi connectivity index (χ1) is 11.1. The average Bonchev–Trinajstić information content (AvgIpc) is 2.97. The van der Waals surface area contributed by atoms with Crippen LogP contribution in [0.1, 0.15) is 36.0 Å². The summed E-state index contributed by atoms with van der Waals surface area (Å²) >= 11 is 0. The van der Waals surface area contributed by atoms with Gasteiger partial charge < -0.3 is 10.1 Å². The van der Waals surface area contributed by atoms with Crippen molar-refractivity contribution in [3.63, 3.8) is 0 Å².